The van der Waals surface area contributed by atoms with Gasteiger partial charge in [0.2, 0.25) is 12.2 Å². The summed E-state index contributed by atoms with van der Waals surface area (Å²) in [7, 11) is 1.48. The summed E-state index contributed by atoms with van der Waals surface area (Å²) in [5.41, 5.74) is 2.47. The molecule has 10 heteroatoms. The van der Waals surface area contributed by atoms with Crippen molar-refractivity contribution in [2.75, 3.05) is 20.3 Å². The molecule has 1 saturated heterocycles. The molecule has 37 heavy (non-hydrogen) atoms. The highest BCUT2D eigenvalue weighted by Crippen LogP contribution is 2.35. The molecule has 1 amide bonds. The van der Waals surface area contributed by atoms with Crippen molar-refractivity contribution in [2.45, 2.75) is 19.8 Å². The quantitative estimate of drug-likeness (QED) is 0.391. The minimum absolute atomic E-state index is 0.140. The van der Waals surface area contributed by atoms with Crippen molar-refractivity contribution in [3.63, 3.8) is 0 Å². The number of benzene rings is 2. The van der Waals surface area contributed by atoms with Crippen LogP contribution in [0.4, 0.5) is 4.39 Å². The minimum Gasteiger partial charge on any atom is -0.467 e. The average Bonchev–Trinajstić information content (AvgIpc) is 3.38. The number of aromatic amines is 1. The molecular formula is C27H26FN5O4. The second-order valence-electron chi connectivity index (χ2n) is 8.96. The first-order chi connectivity index (χ1) is 17.9. The van der Waals surface area contributed by atoms with E-state index in [9.17, 15) is 9.18 Å². The first kappa shape index (κ1) is 24.5. The Labute approximate surface area is 213 Å². The number of rotatable bonds is 7. The van der Waals surface area contributed by atoms with Gasteiger partial charge in [-0.05, 0) is 42.8 Å². The molecule has 2 aromatic heterocycles. The number of carbonyl (C=O) groups excluding carboxylic acids is 1. The SMILES string of the molecule is COc1nccc(-c2[nH]c(C3OCC(C)(C(=O)NCc4ccccc4)CO3)nc2-c2ccc(F)cc2)n1. The lowest BCUT2D eigenvalue weighted by atomic mass is 9.91. The number of ether oxygens (including phenoxy) is 3. The van der Waals surface area contributed by atoms with Crippen molar-refractivity contribution in [1.82, 2.24) is 25.3 Å². The van der Waals surface area contributed by atoms with E-state index >= 15 is 0 Å². The molecule has 2 N–H and O–H groups in total. The number of imidazole rings is 1. The zero-order chi connectivity index (χ0) is 25.8. The largest absolute Gasteiger partial charge is 0.467 e. The van der Waals surface area contributed by atoms with Crippen molar-refractivity contribution in [3.05, 3.63) is 84.1 Å². The third kappa shape index (κ3) is 5.35. The number of hydrogen-bond donors (Lipinski definition) is 2. The fourth-order valence-electron chi connectivity index (χ4n) is 3.97. The Morgan fingerprint density at radius 1 is 1.11 bits per heavy atom. The molecule has 1 aliphatic heterocycles. The van der Waals surface area contributed by atoms with E-state index in [2.05, 4.69) is 20.3 Å². The lowest BCUT2D eigenvalue weighted by Crippen LogP contribution is -2.48. The lowest BCUT2D eigenvalue weighted by Gasteiger charge is -2.35. The molecular weight excluding hydrogens is 477 g/mol. The van der Waals surface area contributed by atoms with E-state index < -0.39 is 11.7 Å². The average molecular weight is 504 g/mol. The first-order valence-corrected chi connectivity index (χ1v) is 11.7. The number of methoxy groups -OCH3 is 1. The molecule has 0 bridgehead atoms. The van der Waals surface area contributed by atoms with Crippen LogP contribution in [0.2, 0.25) is 0 Å². The summed E-state index contributed by atoms with van der Waals surface area (Å²) >= 11 is 0. The van der Waals surface area contributed by atoms with E-state index in [4.69, 9.17) is 19.2 Å². The molecule has 0 spiro atoms. The third-order valence-corrected chi connectivity index (χ3v) is 6.09. The molecule has 2 aromatic carbocycles. The van der Waals surface area contributed by atoms with Gasteiger partial charge in [-0.25, -0.2) is 14.4 Å². The molecule has 9 nitrogen and oxygen atoms in total. The maximum atomic E-state index is 13.6. The van der Waals surface area contributed by atoms with Crippen LogP contribution in [0.5, 0.6) is 6.01 Å². The molecule has 0 aliphatic carbocycles. The van der Waals surface area contributed by atoms with Crippen LogP contribution < -0.4 is 10.1 Å². The summed E-state index contributed by atoms with van der Waals surface area (Å²) in [6.07, 6.45) is 0.745. The molecule has 0 radical (unpaired) electrons. The molecule has 1 fully saturated rings. The van der Waals surface area contributed by atoms with Crippen molar-refractivity contribution >= 4 is 5.91 Å². The number of amides is 1. The highest BCUT2D eigenvalue weighted by atomic mass is 19.1. The normalized spacial score (nSPS) is 19.4. The van der Waals surface area contributed by atoms with Gasteiger partial charge in [-0.2, -0.15) is 4.98 Å². The topological polar surface area (TPSA) is 111 Å². The monoisotopic (exact) mass is 503 g/mol. The van der Waals surface area contributed by atoms with E-state index in [1.165, 1.54) is 19.2 Å². The van der Waals surface area contributed by atoms with Gasteiger partial charge >= 0.3 is 6.01 Å². The van der Waals surface area contributed by atoms with E-state index in [0.717, 1.165) is 5.56 Å². The maximum absolute atomic E-state index is 13.6. The molecule has 4 aromatic rings. The van der Waals surface area contributed by atoms with Gasteiger partial charge in [0.05, 0.1) is 42.8 Å². The molecule has 190 valence electrons. The summed E-state index contributed by atoms with van der Waals surface area (Å²) in [6, 6.07) is 17.6. The maximum Gasteiger partial charge on any atom is 0.316 e. The van der Waals surface area contributed by atoms with Gasteiger partial charge in [-0.15, -0.1) is 0 Å². The molecule has 0 saturated carbocycles. The fraction of sp³-hybridized carbons (Fsp3) is 0.259. The molecule has 1 aliphatic rings. The Bertz CT molecular complexity index is 1370. The number of nitrogens with one attached hydrogen (secondary N) is 2. The molecule has 5 rings (SSSR count). The summed E-state index contributed by atoms with van der Waals surface area (Å²) < 4.78 is 30.7. The fourth-order valence-corrected chi connectivity index (χ4v) is 3.97. The van der Waals surface area contributed by atoms with Crippen LogP contribution >= 0.6 is 0 Å². The zero-order valence-corrected chi connectivity index (χ0v) is 20.4. The predicted molar refractivity (Wildman–Crippen MR) is 133 cm³/mol. The van der Waals surface area contributed by atoms with E-state index in [1.54, 1.807) is 31.3 Å². The van der Waals surface area contributed by atoms with E-state index in [0.29, 0.717) is 35.0 Å². The number of nitrogens with zero attached hydrogens (tertiary/aromatic N) is 3. The summed E-state index contributed by atoms with van der Waals surface area (Å²) in [6.45, 7) is 2.50. The van der Waals surface area contributed by atoms with Gasteiger partial charge in [0, 0.05) is 18.3 Å². The summed E-state index contributed by atoms with van der Waals surface area (Å²) in [5, 5.41) is 2.96. The minimum atomic E-state index is -0.861. The highest BCUT2D eigenvalue weighted by Gasteiger charge is 2.40. The van der Waals surface area contributed by atoms with Crippen LogP contribution in [0.15, 0.2) is 66.9 Å². The number of aromatic nitrogens is 4. The van der Waals surface area contributed by atoms with E-state index in [-0.39, 0.29) is 30.9 Å². The summed E-state index contributed by atoms with van der Waals surface area (Å²) in [4.78, 5) is 29.3. The Balaban J connectivity index is 1.35. The third-order valence-electron chi connectivity index (χ3n) is 6.09. The standard InChI is InChI=1S/C27H26FN5O4/c1-27(25(34)30-14-17-6-4-3-5-7-17)15-36-24(37-16-27)23-32-21(18-8-10-19(28)11-9-18)22(33-23)20-12-13-29-26(31-20)35-2/h3-13,24H,14-16H2,1-2H3,(H,30,34)(H,32,33). The van der Waals surface area contributed by atoms with E-state index in [1.807, 2.05) is 30.3 Å². The van der Waals surface area contributed by atoms with Crippen molar-refractivity contribution in [3.8, 4) is 28.7 Å². The number of halogens is 1. The second-order valence-corrected chi connectivity index (χ2v) is 8.96. The number of carbonyl (C=O) groups is 1. The van der Waals surface area contributed by atoms with Crippen molar-refractivity contribution in [2.24, 2.45) is 5.41 Å². The predicted octanol–water partition coefficient (Wildman–Crippen LogP) is 4.05. The van der Waals surface area contributed by atoms with Gasteiger partial charge in [0.25, 0.3) is 0 Å². The van der Waals surface area contributed by atoms with Crippen LogP contribution in [0.25, 0.3) is 22.6 Å². The van der Waals surface area contributed by atoms with Crippen LogP contribution in [-0.4, -0.2) is 46.2 Å². The highest BCUT2D eigenvalue weighted by molar-refractivity contribution is 5.82. The molecule has 0 unspecified atom stereocenters. The number of hydrogen-bond acceptors (Lipinski definition) is 7. The zero-order valence-electron chi connectivity index (χ0n) is 20.4. The summed E-state index contributed by atoms with van der Waals surface area (Å²) in [5.74, 6) is -0.109. The lowest BCUT2D eigenvalue weighted by molar-refractivity contribution is -0.231. The number of H-pyrrole nitrogens is 1. The Morgan fingerprint density at radius 2 is 1.84 bits per heavy atom. The smallest absolute Gasteiger partial charge is 0.316 e. The Morgan fingerprint density at radius 3 is 2.54 bits per heavy atom. The van der Waals surface area contributed by atoms with Gasteiger partial charge in [0.15, 0.2) is 5.82 Å². The Hall–Kier alpha value is -4.15. The van der Waals surface area contributed by atoms with Gasteiger partial charge in [-0.1, -0.05) is 30.3 Å². The molecule has 3 heterocycles. The second kappa shape index (κ2) is 10.5. The first-order valence-electron chi connectivity index (χ1n) is 11.7. The van der Waals surface area contributed by atoms with Gasteiger partial charge in [-0.3, -0.25) is 4.79 Å². The molecule has 0 atom stereocenters. The van der Waals surface area contributed by atoms with Crippen molar-refractivity contribution in [1.29, 1.82) is 0 Å². The van der Waals surface area contributed by atoms with Crippen molar-refractivity contribution < 1.29 is 23.4 Å². The van der Waals surface area contributed by atoms with Crippen LogP contribution in [0.1, 0.15) is 24.6 Å². The van der Waals surface area contributed by atoms with Gasteiger partial charge in [0.1, 0.15) is 5.82 Å². The van der Waals surface area contributed by atoms with Gasteiger partial charge < -0.3 is 24.5 Å². The van der Waals surface area contributed by atoms with Crippen LogP contribution in [-0.2, 0) is 20.8 Å². The van der Waals surface area contributed by atoms with Crippen LogP contribution in [0, 0.1) is 11.2 Å². The Kier molecular flexibility index (Phi) is 6.93. The van der Waals surface area contributed by atoms with Crippen LogP contribution in [0.3, 0.4) is 0 Å².